The number of nitrogens with one attached hydrogen (secondary N) is 1. The monoisotopic (exact) mass is 257 g/mol. The van der Waals surface area contributed by atoms with Crippen LogP contribution in [0.5, 0.6) is 5.75 Å². The van der Waals surface area contributed by atoms with Gasteiger partial charge in [-0.15, -0.1) is 0 Å². The number of halogens is 1. The Kier molecular flexibility index (Phi) is 5.07. The third-order valence-corrected chi connectivity index (χ3v) is 3.26. The summed E-state index contributed by atoms with van der Waals surface area (Å²) >= 11 is 0. The second-order valence-corrected chi connectivity index (χ2v) is 4.52. The molecule has 102 valence electrons. The van der Waals surface area contributed by atoms with Gasteiger partial charge < -0.3 is 20.6 Å². The molecule has 1 atom stereocenters. The van der Waals surface area contributed by atoms with Crippen LogP contribution in [-0.4, -0.2) is 34.1 Å². The van der Waals surface area contributed by atoms with Crippen molar-refractivity contribution in [2.45, 2.75) is 31.8 Å². The summed E-state index contributed by atoms with van der Waals surface area (Å²) < 4.78 is 13.7. The Morgan fingerprint density at radius 2 is 1.94 bits per heavy atom. The lowest BCUT2D eigenvalue weighted by Crippen LogP contribution is -2.52. The van der Waals surface area contributed by atoms with E-state index in [0.717, 1.165) is 6.07 Å². The van der Waals surface area contributed by atoms with Crippen molar-refractivity contribution in [2.24, 2.45) is 0 Å². The summed E-state index contributed by atoms with van der Waals surface area (Å²) in [5.41, 5.74) is -0.448. The number of phenols is 1. The predicted molar refractivity (Wildman–Crippen MR) is 66.8 cm³/mol. The molecule has 0 amide bonds. The third kappa shape index (κ3) is 3.19. The van der Waals surface area contributed by atoms with E-state index in [9.17, 15) is 14.6 Å². The minimum Gasteiger partial charge on any atom is -0.508 e. The van der Waals surface area contributed by atoms with E-state index < -0.39 is 11.4 Å². The maximum absolute atomic E-state index is 13.7. The largest absolute Gasteiger partial charge is 0.508 e. The molecule has 5 heteroatoms. The number of hydrogen-bond acceptors (Lipinski definition) is 4. The molecule has 0 spiro atoms. The number of aromatic hydroxyl groups is 1. The summed E-state index contributed by atoms with van der Waals surface area (Å²) in [4.78, 5) is 0. The number of benzene rings is 1. The Morgan fingerprint density at radius 3 is 2.39 bits per heavy atom. The Labute approximate surface area is 106 Å². The van der Waals surface area contributed by atoms with E-state index >= 15 is 0 Å². The quantitative estimate of drug-likeness (QED) is 0.620. The van der Waals surface area contributed by atoms with Gasteiger partial charge in [0.25, 0.3) is 0 Å². The van der Waals surface area contributed by atoms with E-state index in [2.05, 4.69) is 5.32 Å². The zero-order valence-electron chi connectivity index (χ0n) is 10.7. The fourth-order valence-corrected chi connectivity index (χ4v) is 1.87. The molecule has 0 aliphatic carbocycles. The van der Waals surface area contributed by atoms with Gasteiger partial charge in [0.05, 0.1) is 18.8 Å². The molecule has 4 nitrogen and oxygen atoms in total. The highest BCUT2D eigenvalue weighted by Gasteiger charge is 2.29. The van der Waals surface area contributed by atoms with E-state index in [1.165, 1.54) is 12.1 Å². The maximum atomic E-state index is 13.7. The first-order valence-electron chi connectivity index (χ1n) is 5.96. The van der Waals surface area contributed by atoms with Gasteiger partial charge in [-0.05, 0) is 19.4 Å². The average molecular weight is 257 g/mol. The SMILES string of the molecule is CCC(CO)(CO)NC(C)c1ccc(O)cc1F. The molecule has 0 bridgehead atoms. The summed E-state index contributed by atoms with van der Waals surface area (Å²) in [5.74, 6) is -0.648. The summed E-state index contributed by atoms with van der Waals surface area (Å²) in [6, 6.07) is 3.54. The number of rotatable bonds is 6. The lowest BCUT2D eigenvalue weighted by atomic mass is 9.95. The molecule has 4 N–H and O–H groups in total. The van der Waals surface area contributed by atoms with Crippen molar-refractivity contribution in [3.8, 4) is 5.75 Å². The van der Waals surface area contributed by atoms with E-state index in [-0.39, 0.29) is 25.0 Å². The van der Waals surface area contributed by atoms with E-state index in [0.29, 0.717) is 12.0 Å². The second kappa shape index (κ2) is 6.13. The Hall–Kier alpha value is -1.17. The molecule has 0 radical (unpaired) electrons. The van der Waals surface area contributed by atoms with Crippen molar-refractivity contribution in [1.29, 1.82) is 0 Å². The zero-order chi connectivity index (χ0) is 13.8. The summed E-state index contributed by atoms with van der Waals surface area (Å²) in [5, 5.41) is 30.8. The zero-order valence-corrected chi connectivity index (χ0v) is 10.7. The minimum absolute atomic E-state index is 0.130. The fourth-order valence-electron chi connectivity index (χ4n) is 1.87. The van der Waals surface area contributed by atoms with Crippen molar-refractivity contribution in [3.05, 3.63) is 29.6 Å². The molecule has 1 unspecified atom stereocenters. The smallest absolute Gasteiger partial charge is 0.131 e. The topological polar surface area (TPSA) is 72.7 Å². The van der Waals surface area contributed by atoms with E-state index in [4.69, 9.17) is 5.11 Å². The first kappa shape index (κ1) is 14.9. The van der Waals surface area contributed by atoms with Crippen LogP contribution in [0.2, 0.25) is 0 Å². The highest BCUT2D eigenvalue weighted by molar-refractivity contribution is 5.29. The predicted octanol–water partition coefficient (Wildman–Crippen LogP) is 1.32. The fraction of sp³-hybridized carbons (Fsp3) is 0.538. The molecule has 0 aromatic heterocycles. The summed E-state index contributed by atoms with van der Waals surface area (Å²) in [6.45, 7) is 3.11. The van der Waals surface area contributed by atoms with Crippen molar-refractivity contribution in [1.82, 2.24) is 5.32 Å². The molecular formula is C13H20FNO3. The lowest BCUT2D eigenvalue weighted by Gasteiger charge is -2.33. The average Bonchev–Trinajstić information content (AvgIpc) is 2.36. The molecule has 1 aromatic carbocycles. The lowest BCUT2D eigenvalue weighted by molar-refractivity contribution is 0.0789. The highest BCUT2D eigenvalue weighted by atomic mass is 19.1. The van der Waals surface area contributed by atoms with Crippen LogP contribution in [-0.2, 0) is 0 Å². The van der Waals surface area contributed by atoms with Crippen molar-refractivity contribution >= 4 is 0 Å². The van der Waals surface area contributed by atoms with Crippen LogP contribution in [0.25, 0.3) is 0 Å². The third-order valence-electron chi connectivity index (χ3n) is 3.26. The minimum atomic E-state index is -0.830. The van der Waals surface area contributed by atoms with Crippen LogP contribution in [0, 0.1) is 5.82 Å². The van der Waals surface area contributed by atoms with Crippen LogP contribution in [0.15, 0.2) is 18.2 Å². The first-order chi connectivity index (χ1) is 8.48. The number of phenolic OH excluding ortho intramolecular Hbond substituents is 1. The van der Waals surface area contributed by atoms with Crippen LogP contribution < -0.4 is 5.32 Å². The summed E-state index contributed by atoms with van der Waals surface area (Å²) in [6.07, 6.45) is 0.518. The molecule has 18 heavy (non-hydrogen) atoms. The van der Waals surface area contributed by atoms with Crippen molar-refractivity contribution in [2.75, 3.05) is 13.2 Å². The van der Waals surface area contributed by atoms with Gasteiger partial charge >= 0.3 is 0 Å². The number of aliphatic hydroxyl groups excluding tert-OH is 2. The molecule has 0 saturated carbocycles. The van der Waals surface area contributed by atoms with Gasteiger partial charge in [0, 0.05) is 17.7 Å². The van der Waals surface area contributed by atoms with Crippen molar-refractivity contribution < 1.29 is 19.7 Å². The Morgan fingerprint density at radius 1 is 1.33 bits per heavy atom. The molecule has 1 aromatic rings. The van der Waals surface area contributed by atoms with Gasteiger partial charge in [0.2, 0.25) is 0 Å². The molecule has 0 aliphatic heterocycles. The van der Waals surface area contributed by atoms with Gasteiger partial charge in [0.15, 0.2) is 0 Å². The van der Waals surface area contributed by atoms with Gasteiger partial charge in [-0.25, -0.2) is 4.39 Å². The number of hydrogen-bond donors (Lipinski definition) is 4. The highest BCUT2D eigenvalue weighted by Crippen LogP contribution is 2.23. The van der Waals surface area contributed by atoms with Gasteiger partial charge in [-0.1, -0.05) is 13.0 Å². The Bertz CT molecular complexity index is 386. The molecule has 0 heterocycles. The van der Waals surface area contributed by atoms with Gasteiger partial charge in [-0.3, -0.25) is 0 Å². The van der Waals surface area contributed by atoms with Crippen LogP contribution >= 0.6 is 0 Å². The van der Waals surface area contributed by atoms with Crippen LogP contribution in [0.1, 0.15) is 31.9 Å². The van der Waals surface area contributed by atoms with Gasteiger partial charge in [-0.2, -0.15) is 0 Å². The molecule has 0 saturated heterocycles. The van der Waals surface area contributed by atoms with Gasteiger partial charge in [0.1, 0.15) is 11.6 Å². The van der Waals surface area contributed by atoms with Crippen LogP contribution in [0.3, 0.4) is 0 Å². The Balaban J connectivity index is 2.90. The summed E-state index contributed by atoms with van der Waals surface area (Å²) in [7, 11) is 0. The molecule has 0 aliphatic rings. The van der Waals surface area contributed by atoms with Crippen molar-refractivity contribution in [3.63, 3.8) is 0 Å². The van der Waals surface area contributed by atoms with Crippen LogP contribution in [0.4, 0.5) is 4.39 Å². The maximum Gasteiger partial charge on any atom is 0.131 e. The normalized spacial score (nSPS) is 13.6. The van der Waals surface area contributed by atoms with E-state index in [1.54, 1.807) is 6.92 Å². The molecule has 1 rings (SSSR count). The molecular weight excluding hydrogens is 237 g/mol. The number of aliphatic hydroxyl groups is 2. The first-order valence-corrected chi connectivity index (χ1v) is 5.96. The van der Waals surface area contributed by atoms with E-state index in [1.807, 2.05) is 6.92 Å². The second-order valence-electron chi connectivity index (χ2n) is 4.52. The molecule has 0 fully saturated rings. The standard InChI is InChI=1S/C13H20FNO3/c1-3-13(7-16,8-17)15-9(2)11-5-4-10(18)6-12(11)14/h4-6,9,15-18H,3,7-8H2,1-2H3.